The third-order valence-corrected chi connectivity index (χ3v) is 4.58. The van der Waals surface area contributed by atoms with E-state index in [-0.39, 0.29) is 15.9 Å². The van der Waals surface area contributed by atoms with Gasteiger partial charge in [-0.3, -0.25) is 4.72 Å². The highest BCUT2D eigenvalue weighted by Crippen LogP contribution is 2.20. The fraction of sp³-hybridized carbons (Fsp3) is 0.250. The fourth-order valence-corrected chi connectivity index (χ4v) is 3.28. The lowest BCUT2D eigenvalue weighted by molar-refractivity contribution is 0.0588. The summed E-state index contributed by atoms with van der Waals surface area (Å²) in [6, 6.07) is 5.93. The molecule has 0 bridgehead atoms. The summed E-state index contributed by atoms with van der Waals surface area (Å²) in [6.45, 7) is 2.33. The second-order valence-corrected chi connectivity index (χ2v) is 6.36. The first-order valence-corrected chi connectivity index (χ1v) is 8.39. The summed E-state index contributed by atoms with van der Waals surface area (Å²) in [6.07, 6.45) is 0. The highest BCUT2D eigenvalue weighted by atomic mass is 32.2. The van der Waals surface area contributed by atoms with Crippen LogP contribution in [0, 0.1) is 0 Å². The van der Waals surface area contributed by atoms with E-state index >= 15 is 0 Å². The van der Waals surface area contributed by atoms with Crippen molar-refractivity contribution in [1.29, 1.82) is 0 Å². The molecule has 22 heavy (non-hydrogen) atoms. The summed E-state index contributed by atoms with van der Waals surface area (Å²) in [5.74, 6) is -0.356. The van der Waals surface area contributed by atoms with Gasteiger partial charge in [0.25, 0.3) is 15.8 Å². The molecule has 0 spiro atoms. The van der Waals surface area contributed by atoms with Gasteiger partial charge in [0.2, 0.25) is 5.13 Å². The SMILES string of the molecule is CCOc1ccc(S(=O)(=O)Nc2nc(C(=O)OC)ns2)cc1. The van der Waals surface area contributed by atoms with Gasteiger partial charge >= 0.3 is 5.97 Å². The Morgan fingerprint density at radius 1 is 1.32 bits per heavy atom. The molecule has 10 heteroatoms. The first-order valence-electron chi connectivity index (χ1n) is 6.14. The number of ether oxygens (including phenoxy) is 2. The molecule has 0 fully saturated rings. The van der Waals surface area contributed by atoms with Crippen LogP contribution in [0.2, 0.25) is 0 Å². The minimum Gasteiger partial charge on any atom is -0.494 e. The molecule has 0 saturated carbocycles. The van der Waals surface area contributed by atoms with Crippen molar-refractivity contribution in [3.63, 3.8) is 0 Å². The molecule has 1 aromatic heterocycles. The maximum Gasteiger partial charge on any atom is 0.377 e. The van der Waals surface area contributed by atoms with E-state index in [2.05, 4.69) is 18.8 Å². The van der Waals surface area contributed by atoms with E-state index < -0.39 is 16.0 Å². The number of hydrogen-bond donors (Lipinski definition) is 1. The maximum atomic E-state index is 12.2. The lowest BCUT2D eigenvalue weighted by Gasteiger charge is -2.06. The van der Waals surface area contributed by atoms with Crippen LogP contribution in [0.15, 0.2) is 29.2 Å². The molecule has 0 aliphatic rings. The number of nitrogens with one attached hydrogen (secondary N) is 1. The molecule has 2 rings (SSSR count). The molecule has 0 aliphatic carbocycles. The Morgan fingerprint density at radius 2 is 2.00 bits per heavy atom. The highest BCUT2D eigenvalue weighted by Gasteiger charge is 2.19. The molecule has 0 amide bonds. The second-order valence-electron chi connectivity index (χ2n) is 3.92. The third kappa shape index (κ3) is 3.71. The van der Waals surface area contributed by atoms with E-state index in [1.165, 1.54) is 19.2 Å². The Balaban J connectivity index is 2.16. The number of benzene rings is 1. The van der Waals surface area contributed by atoms with Crippen LogP contribution in [-0.2, 0) is 14.8 Å². The second kappa shape index (κ2) is 6.71. The van der Waals surface area contributed by atoms with Gasteiger partial charge in [0.1, 0.15) is 5.75 Å². The fourth-order valence-electron chi connectivity index (χ4n) is 1.49. The van der Waals surface area contributed by atoms with Crippen LogP contribution in [0.25, 0.3) is 0 Å². The number of carbonyl (C=O) groups excluding carboxylic acids is 1. The van der Waals surface area contributed by atoms with Crippen LogP contribution in [0.1, 0.15) is 17.5 Å². The molecule has 0 saturated heterocycles. The molecule has 1 N–H and O–H groups in total. The standard InChI is InChI=1S/C12H13N3O5S2/c1-3-20-8-4-6-9(7-5-8)22(17,18)15-12-13-10(14-21-12)11(16)19-2/h4-7H,3H2,1-2H3,(H,13,14,15). The van der Waals surface area contributed by atoms with Gasteiger partial charge in [-0.25, -0.2) is 13.2 Å². The Morgan fingerprint density at radius 3 is 2.59 bits per heavy atom. The average molecular weight is 343 g/mol. The van der Waals surface area contributed by atoms with Crippen molar-refractivity contribution in [3.05, 3.63) is 30.1 Å². The summed E-state index contributed by atoms with van der Waals surface area (Å²) in [5.41, 5.74) is 0. The van der Waals surface area contributed by atoms with Gasteiger partial charge in [-0.1, -0.05) is 0 Å². The molecule has 0 aliphatic heterocycles. The van der Waals surface area contributed by atoms with Gasteiger partial charge in [-0.15, -0.1) is 0 Å². The smallest absolute Gasteiger partial charge is 0.377 e. The van der Waals surface area contributed by atoms with E-state index in [4.69, 9.17) is 4.74 Å². The zero-order valence-corrected chi connectivity index (χ0v) is 13.4. The number of carbonyl (C=O) groups is 1. The van der Waals surface area contributed by atoms with Gasteiger partial charge in [-0.2, -0.15) is 9.36 Å². The average Bonchev–Trinajstić information content (AvgIpc) is 2.95. The normalized spacial score (nSPS) is 11.0. The largest absolute Gasteiger partial charge is 0.494 e. The first-order chi connectivity index (χ1) is 10.5. The van der Waals surface area contributed by atoms with Crippen molar-refractivity contribution >= 4 is 32.7 Å². The quantitative estimate of drug-likeness (QED) is 0.792. The molecule has 1 aromatic carbocycles. The molecule has 8 nitrogen and oxygen atoms in total. The minimum absolute atomic E-state index is 0.0192. The van der Waals surface area contributed by atoms with Crippen LogP contribution in [0.3, 0.4) is 0 Å². The predicted octanol–water partition coefficient (Wildman–Crippen LogP) is 1.52. The Labute approximate surface area is 131 Å². The first kappa shape index (κ1) is 16.2. The molecular weight excluding hydrogens is 330 g/mol. The number of aromatic nitrogens is 2. The van der Waals surface area contributed by atoms with Crippen molar-refractivity contribution in [2.75, 3.05) is 18.4 Å². The minimum atomic E-state index is -3.81. The van der Waals surface area contributed by atoms with E-state index in [1.54, 1.807) is 12.1 Å². The monoisotopic (exact) mass is 343 g/mol. The number of anilines is 1. The van der Waals surface area contributed by atoms with Gasteiger partial charge < -0.3 is 9.47 Å². The van der Waals surface area contributed by atoms with Crippen molar-refractivity contribution in [2.45, 2.75) is 11.8 Å². The van der Waals surface area contributed by atoms with Crippen molar-refractivity contribution < 1.29 is 22.7 Å². The Kier molecular flexibility index (Phi) is 4.93. The zero-order chi connectivity index (χ0) is 16.2. The van der Waals surface area contributed by atoms with E-state index in [0.29, 0.717) is 12.4 Å². The summed E-state index contributed by atoms with van der Waals surface area (Å²) in [5, 5.41) is -0.0192. The van der Waals surface area contributed by atoms with Crippen molar-refractivity contribution in [2.24, 2.45) is 0 Å². The molecule has 0 unspecified atom stereocenters. The third-order valence-electron chi connectivity index (χ3n) is 2.46. The van der Waals surface area contributed by atoms with Crippen LogP contribution in [0.4, 0.5) is 5.13 Å². The summed E-state index contributed by atoms with van der Waals surface area (Å²) >= 11 is 0.749. The number of hydrogen-bond acceptors (Lipinski definition) is 8. The van der Waals surface area contributed by atoms with Crippen molar-refractivity contribution in [3.8, 4) is 5.75 Å². The van der Waals surface area contributed by atoms with Crippen LogP contribution in [0.5, 0.6) is 5.75 Å². The number of nitrogens with zero attached hydrogens (tertiary/aromatic N) is 2. The zero-order valence-electron chi connectivity index (χ0n) is 11.8. The van der Waals surface area contributed by atoms with Gasteiger partial charge in [0, 0.05) is 11.5 Å². The maximum absolute atomic E-state index is 12.2. The lowest BCUT2D eigenvalue weighted by atomic mass is 10.3. The predicted molar refractivity (Wildman–Crippen MR) is 79.7 cm³/mol. The summed E-state index contributed by atoms with van der Waals surface area (Å²) in [7, 11) is -2.63. The number of rotatable bonds is 6. The highest BCUT2D eigenvalue weighted by molar-refractivity contribution is 7.93. The number of esters is 1. The van der Waals surface area contributed by atoms with E-state index in [9.17, 15) is 13.2 Å². The Hall–Kier alpha value is -2.20. The van der Waals surface area contributed by atoms with Gasteiger partial charge in [0.05, 0.1) is 18.6 Å². The molecule has 0 radical (unpaired) electrons. The van der Waals surface area contributed by atoms with Crippen molar-refractivity contribution in [1.82, 2.24) is 9.36 Å². The molecule has 0 atom stereocenters. The molecule has 1 heterocycles. The van der Waals surface area contributed by atoms with Crippen LogP contribution in [-0.4, -0.2) is 37.5 Å². The molecular formula is C12H13N3O5S2. The number of sulfonamides is 1. The van der Waals surface area contributed by atoms with E-state index in [0.717, 1.165) is 11.5 Å². The van der Waals surface area contributed by atoms with Gasteiger partial charge in [-0.05, 0) is 31.2 Å². The molecule has 2 aromatic rings. The van der Waals surface area contributed by atoms with Gasteiger partial charge in [0.15, 0.2) is 0 Å². The lowest BCUT2D eigenvalue weighted by Crippen LogP contribution is -2.13. The van der Waals surface area contributed by atoms with Crippen LogP contribution >= 0.6 is 11.5 Å². The van der Waals surface area contributed by atoms with E-state index in [1.807, 2.05) is 6.92 Å². The molecule has 118 valence electrons. The topological polar surface area (TPSA) is 107 Å². The Bertz CT molecular complexity index is 755. The summed E-state index contributed by atoms with van der Waals surface area (Å²) < 4.78 is 40.0. The number of methoxy groups -OCH3 is 1. The summed E-state index contributed by atoms with van der Waals surface area (Å²) in [4.78, 5) is 15.0. The van der Waals surface area contributed by atoms with Crippen LogP contribution < -0.4 is 9.46 Å².